The summed E-state index contributed by atoms with van der Waals surface area (Å²) >= 11 is 24.1. The lowest BCUT2D eigenvalue weighted by molar-refractivity contribution is -0.126. The van der Waals surface area contributed by atoms with Gasteiger partial charge in [0.05, 0.1) is 9.81 Å². The fourth-order valence-corrected chi connectivity index (χ4v) is 6.82. The summed E-state index contributed by atoms with van der Waals surface area (Å²) in [6, 6.07) is 12.3. The molecule has 18 heteroatoms. The first-order chi connectivity index (χ1) is 20.9. The van der Waals surface area contributed by atoms with Crippen LogP contribution in [0.2, 0.25) is 10.0 Å². The molecule has 2 aliphatic heterocycles. The number of thioether (sulfide) groups is 2. The van der Waals surface area contributed by atoms with Crippen molar-refractivity contribution in [2.75, 3.05) is 13.1 Å². The maximum atomic E-state index is 13.1. The first-order valence-electron chi connectivity index (χ1n) is 12.5. The molecule has 4 rings (SSSR count). The van der Waals surface area contributed by atoms with Crippen molar-refractivity contribution in [3.8, 4) is 0 Å². The lowest BCUT2D eigenvalue weighted by atomic mass is 10.2. The minimum absolute atomic E-state index is 0.0581. The van der Waals surface area contributed by atoms with Crippen LogP contribution in [0, 0.1) is 0 Å². The van der Waals surface area contributed by atoms with Gasteiger partial charge in [-0.15, -0.1) is 0 Å². The van der Waals surface area contributed by atoms with Crippen molar-refractivity contribution in [2.45, 2.75) is 12.8 Å². The number of thiocarbonyl (C=S) groups is 2. The first-order valence-corrected chi connectivity index (χ1v) is 15.7. The molecule has 2 aliphatic rings. The second-order valence-electron chi connectivity index (χ2n) is 8.83. The third kappa shape index (κ3) is 8.34. The predicted octanol–water partition coefficient (Wildman–Crippen LogP) is 2.93. The normalized spacial score (nSPS) is 16.3. The number of nitrogens with zero attached hydrogens (tertiary/aromatic N) is 2. The van der Waals surface area contributed by atoms with Crippen LogP contribution in [-0.4, -0.2) is 67.0 Å². The van der Waals surface area contributed by atoms with E-state index in [1.54, 1.807) is 24.3 Å². The van der Waals surface area contributed by atoms with Gasteiger partial charge < -0.3 is 0 Å². The largest absolute Gasteiger partial charge is 0.292 e. The molecule has 2 aromatic rings. The van der Waals surface area contributed by atoms with Crippen molar-refractivity contribution < 1.29 is 28.8 Å². The molecule has 0 saturated carbocycles. The van der Waals surface area contributed by atoms with E-state index in [9.17, 15) is 28.8 Å². The highest BCUT2D eigenvalue weighted by Gasteiger charge is 2.42. The molecule has 0 spiro atoms. The maximum Gasteiger partial charge on any atom is 0.269 e. The van der Waals surface area contributed by atoms with Gasteiger partial charge in [0.25, 0.3) is 23.6 Å². The van der Waals surface area contributed by atoms with Crippen LogP contribution in [0.1, 0.15) is 33.6 Å². The topological polar surface area (TPSA) is 157 Å². The van der Waals surface area contributed by atoms with Crippen molar-refractivity contribution in [3.63, 3.8) is 0 Å². The number of hydrogen-bond donors (Lipinski definition) is 4. The Bertz CT molecular complexity index is 1520. The van der Waals surface area contributed by atoms with Crippen LogP contribution in [0.3, 0.4) is 0 Å². The number of carbonyl (C=O) groups is 6. The fraction of sp³-hybridized carbons (Fsp3) is 0.154. The molecule has 2 aromatic carbocycles. The van der Waals surface area contributed by atoms with E-state index < -0.39 is 35.4 Å². The molecule has 0 aromatic heterocycles. The van der Waals surface area contributed by atoms with Crippen LogP contribution in [0.4, 0.5) is 0 Å². The number of amides is 6. The smallest absolute Gasteiger partial charge is 0.269 e. The second kappa shape index (κ2) is 15.0. The van der Waals surface area contributed by atoms with Gasteiger partial charge in [-0.2, -0.15) is 0 Å². The molecule has 0 radical (unpaired) electrons. The van der Waals surface area contributed by atoms with Gasteiger partial charge in [-0.1, -0.05) is 83.3 Å². The number of hydrazine groups is 2. The van der Waals surface area contributed by atoms with E-state index in [1.165, 1.54) is 34.1 Å². The van der Waals surface area contributed by atoms with E-state index in [1.807, 2.05) is 0 Å². The summed E-state index contributed by atoms with van der Waals surface area (Å²) < 4.78 is 0.279. The molecule has 2 saturated heterocycles. The molecule has 228 valence electrons. The first kappa shape index (κ1) is 33.4. The van der Waals surface area contributed by atoms with Crippen LogP contribution >= 0.6 is 71.2 Å². The highest BCUT2D eigenvalue weighted by Crippen LogP contribution is 2.42. The highest BCUT2D eigenvalue weighted by molar-refractivity contribution is 8.29. The number of benzene rings is 2. The van der Waals surface area contributed by atoms with E-state index in [0.717, 1.165) is 23.5 Å². The Balaban J connectivity index is 1.27. The summed E-state index contributed by atoms with van der Waals surface area (Å²) in [4.78, 5) is 77.6. The monoisotopic (exact) mass is 710 g/mol. The zero-order valence-electron chi connectivity index (χ0n) is 22.2. The molecule has 2 heterocycles. The van der Waals surface area contributed by atoms with E-state index in [-0.39, 0.29) is 55.5 Å². The average Bonchev–Trinajstić information content (AvgIpc) is 3.44. The third-order valence-corrected chi connectivity index (χ3v) is 9.33. The number of nitrogens with one attached hydrogen (secondary N) is 4. The zero-order chi connectivity index (χ0) is 32.0. The quantitative estimate of drug-likeness (QED) is 0.183. The highest BCUT2D eigenvalue weighted by atomic mass is 35.5. The summed E-state index contributed by atoms with van der Waals surface area (Å²) in [5.74, 6) is -3.46. The Morgan fingerprint density at radius 2 is 1.05 bits per heavy atom. The maximum absolute atomic E-state index is 13.1. The van der Waals surface area contributed by atoms with Crippen molar-refractivity contribution >= 4 is 115 Å². The van der Waals surface area contributed by atoms with E-state index in [2.05, 4.69) is 21.7 Å². The number of carbonyl (C=O) groups excluding carboxylic acids is 6. The van der Waals surface area contributed by atoms with Crippen molar-refractivity contribution in [1.82, 2.24) is 31.5 Å². The van der Waals surface area contributed by atoms with Crippen molar-refractivity contribution in [1.29, 1.82) is 0 Å². The SMILES string of the molecule is O=C(CCN1C(=O)C(=C2SC(=S)N(CCC(=O)NNC(=O)c3cccc(Cl)c3)C2=O)SC1=S)NNC(=O)c1cccc(Cl)c1. The number of rotatable bonds is 8. The van der Waals surface area contributed by atoms with Crippen LogP contribution < -0.4 is 21.7 Å². The summed E-state index contributed by atoms with van der Waals surface area (Å²) in [6.45, 7) is -0.206. The average molecular weight is 712 g/mol. The third-order valence-electron chi connectivity index (χ3n) is 5.83. The predicted molar refractivity (Wildman–Crippen MR) is 174 cm³/mol. The summed E-state index contributed by atoms with van der Waals surface area (Å²) in [5.41, 5.74) is 9.55. The molecule has 12 nitrogen and oxygen atoms in total. The summed E-state index contributed by atoms with van der Waals surface area (Å²) in [5, 5.41) is 0.716. The Labute approximate surface area is 279 Å². The fourth-order valence-electron chi connectivity index (χ4n) is 3.66. The Morgan fingerprint density at radius 3 is 1.41 bits per heavy atom. The molecule has 4 N–H and O–H groups in total. The minimum Gasteiger partial charge on any atom is -0.292 e. The van der Waals surface area contributed by atoms with E-state index in [0.29, 0.717) is 10.0 Å². The van der Waals surface area contributed by atoms with Gasteiger partial charge in [0.2, 0.25) is 11.8 Å². The van der Waals surface area contributed by atoms with Crippen LogP contribution in [-0.2, 0) is 19.2 Å². The Morgan fingerprint density at radius 1 is 0.659 bits per heavy atom. The molecule has 0 aliphatic carbocycles. The Hall–Kier alpha value is -3.54. The van der Waals surface area contributed by atoms with Gasteiger partial charge in [0.1, 0.15) is 8.64 Å². The standard InChI is InChI=1S/C26H20Cl2N6O6S4/c27-15-5-1-3-13(11-15)21(37)31-29-17(35)7-9-33-23(39)19(43-25(33)41)20-24(40)34(26(42)44-20)10-8-18(36)30-32-22(38)14-4-2-6-16(28)12-14/h1-6,11-12H,7-10H2,(H,29,35)(H,30,36)(H,31,37)(H,32,38). The van der Waals surface area contributed by atoms with E-state index in [4.69, 9.17) is 47.6 Å². The lowest BCUT2D eigenvalue weighted by Gasteiger charge is -2.15. The van der Waals surface area contributed by atoms with Gasteiger partial charge >= 0.3 is 0 Å². The van der Waals surface area contributed by atoms with Gasteiger partial charge in [-0.3, -0.25) is 60.3 Å². The molecule has 0 atom stereocenters. The number of hydrogen-bond acceptors (Lipinski definition) is 10. The molecule has 44 heavy (non-hydrogen) atoms. The lowest BCUT2D eigenvalue weighted by Crippen LogP contribution is -2.43. The van der Waals surface area contributed by atoms with Gasteiger partial charge in [-0.05, 0) is 36.4 Å². The molecule has 0 bridgehead atoms. The van der Waals surface area contributed by atoms with Gasteiger partial charge in [0, 0.05) is 47.1 Å². The molecule has 0 unspecified atom stereocenters. The van der Waals surface area contributed by atoms with Crippen LogP contribution in [0.5, 0.6) is 0 Å². The Kier molecular flexibility index (Phi) is 11.3. The summed E-state index contributed by atoms with van der Waals surface area (Å²) in [7, 11) is 0. The van der Waals surface area contributed by atoms with Crippen LogP contribution in [0.15, 0.2) is 58.3 Å². The molecule has 2 fully saturated rings. The molecule has 6 amide bonds. The van der Waals surface area contributed by atoms with Crippen LogP contribution in [0.25, 0.3) is 0 Å². The van der Waals surface area contributed by atoms with Crippen molar-refractivity contribution in [2.24, 2.45) is 0 Å². The van der Waals surface area contributed by atoms with Gasteiger partial charge in [0.15, 0.2) is 0 Å². The zero-order valence-corrected chi connectivity index (χ0v) is 27.0. The van der Waals surface area contributed by atoms with Gasteiger partial charge in [-0.25, -0.2) is 0 Å². The minimum atomic E-state index is -0.581. The molecular formula is C26H20Cl2N6O6S4. The summed E-state index contributed by atoms with van der Waals surface area (Å²) in [6.07, 6.45) is -0.390. The van der Waals surface area contributed by atoms with E-state index >= 15 is 0 Å². The second-order valence-corrected chi connectivity index (χ2v) is 13.0. The molecular weight excluding hydrogens is 691 g/mol. The van der Waals surface area contributed by atoms with Crippen molar-refractivity contribution in [3.05, 3.63) is 79.5 Å². The number of halogens is 2.